The van der Waals surface area contributed by atoms with Crippen molar-refractivity contribution in [3.05, 3.63) is 0 Å². The molecule has 0 unspecified atom stereocenters. The van der Waals surface area contributed by atoms with Gasteiger partial charge in [-0.2, -0.15) is 5.90 Å². The molecule has 0 heterocycles. The van der Waals surface area contributed by atoms with Crippen LogP contribution in [0.25, 0.3) is 0 Å². The van der Waals surface area contributed by atoms with Crippen LogP contribution in [0, 0.1) is 0 Å². The number of rotatable bonds is 2. The van der Waals surface area contributed by atoms with Gasteiger partial charge in [0, 0.05) is 0 Å². The molecule has 0 aromatic carbocycles. The Morgan fingerprint density at radius 2 is 2.43 bits per heavy atom. The first kappa shape index (κ1) is 6.39. The van der Waals surface area contributed by atoms with Crippen LogP contribution in [0.5, 0.6) is 0 Å². The molecule has 3 N–H and O–H groups in total. The van der Waals surface area contributed by atoms with Gasteiger partial charge in [0.15, 0.2) is 0 Å². The average Bonchev–Trinajstić information content (AvgIpc) is 1.68. The summed E-state index contributed by atoms with van der Waals surface area (Å²) in [6.45, 7) is -0.212. The normalized spacial score (nSPS) is 8.29. The van der Waals surface area contributed by atoms with Crippen molar-refractivity contribution < 1.29 is 14.7 Å². The minimum atomic E-state index is -0.595. The van der Waals surface area contributed by atoms with Gasteiger partial charge in [0.25, 0.3) is 0 Å². The summed E-state index contributed by atoms with van der Waals surface area (Å²) in [5.74, 6) is 3.80. The van der Waals surface area contributed by atoms with Gasteiger partial charge in [-0.25, -0.2) is 0 Å². The number of nitrogens with two attached hydrogens (primary N) is 1. The van der Waals surface area contributed by atoms with Gasteiger partial charge in [0.1, 0.15) is 0 Å². The highest BCUT2D eigenvalue weighted by Crippen LogP contribution is 1.75. The molecule has 0 bridgehead atoms. The highest BCUT2D eigenvalue weighted by atomic mass is 16.7. The number of aliphatic hydroxyl groups is 1. The zero-order valence-corrected chi connectivity index (χ0v) is 3.76. The Balaban J connectivity index is 3.00. The second-order valence-corrected chi connectivity index (χ2v) is 0.963. The van der Waals surface area contributed by atoms with Gasteiger partial charge < -0.3 is 9.94 Å². The van der Waals surface area contributed by atoms with Crippen molar-refractivity contribution in [2.24, 2.45) is 5.90 Å². The molecular weight excluding hydrogens is 98.0 g/mol. The van der Waals surface area contributed by atoms with E-state index < -0.39 is 5.97 Å². The third kappa shape index (κ3) is 3.21. The molecule has 0 atom stereocenters. The second-order valence-electron chi connectivity index (χ2n) is 0.963. The average molecular weight is 105 g/mol. The van der Waals surface area contributed by atoms with E-state index in [1.165, 1.54) is 0 Å². The van der Waals surface area contributed by atoms with Crippen molar-refractivity contribution in [3.8, 4) is 0 Å². The van der Waals surface area contributed by atoms with E-state index in [1.54, 1.807) is 0 Å². The molecule has 0 aromatic rings. The first-order valence-corrected chi connectivity index (χ1v) is 1.81. The van der Waals surface area contributed by atoms with Gasteiger partial charge in [0.05, 0.1) is 13.0 Å². The van der Waals surface area contributed by atoms with E-state index in [4.69, 9.17) is 5.11 Å². The van der Waals surface area contributed by atoms with Crippen LogP contribution in [0.3, 0.4) is 0 Å². The maximum absolute atomic E-state index is 9.90. The number of hydrogen-bond acceptors (Lipinski definition) is 4. The Kier molecular flexibility index (Phi) is 3.26. The van der Waals surface area contributed by atoms with Crippen molar-refractivity contribution in [2.75, 3.05) is 6.61 Å². The van der Waals surface area contributed by atoms with Crippen LogP contribution in [0.1, 0.15) is 6.42 Å². The number of hydrogen-bond donors (Lipinski definition) is 2. The summed E-state index contributed by atoms with van der Waals surface area (Å²) in [4.78, 5) is 13.6. The summed E-state index contributed by atoms with van der Waals surface area (Å²) in [5.41, 5.74) is 0. The van der Waals surface area contributed by atoms with E-state index in [-0.39, 0.29) is 13.0 Å². The van der Waals surface area contributed by atoms with E-state index >= 15 is 0 Å². The van der Waals surface area contributed by atoms with Gasteiger partial charge >= 0.3 is 5.97 Å². The summed E-state index contributed by atoms with van der Waals surface area (Å²) in [5, 5.41) is 8.01. The maximum Gasteiger partial charge on any atom is 0.326 e. The SMILES string of the molecule is NOC(=O)CCO. The van der Waals surface area contributed by atoms with Crippen molar-refractivity contribution in [1.29, 1.82) is 0 Å². The summed E-state index contributed by atoms with van der Waals surface area (Å²) in [6, 6.07) is 0. The molecule has 0 aliphatic heterocycles. The Morgan fingerprint density at radius 1 is 1.86 bits per heavy atom. The first-order valence-electron chi connectivity index (χ1n) is 1.81. The van der Waals surface area contributed by atoms with E-state index in [1.807, 2.05) is 0 Å². The molecule has 7 heavy (non-hydrogen) atoms. The minimum absolute atomic E-state index is 0.0312. The van der Waals surface area contributed by atoms with Gasteiger partial charge in [-0.3, -0.25) is 4.79 Å². The second kappa shape index (κ2) is 3.58. The molecule has 0 aliphatic carbocycles. The molecular formula is C3H7NO3. The lowest BCUT2D eigenvalue weighted by Gasteiger charge is -1.89. The van der Waals surface area contributed by atoms with Gasteiger partial charge in [0.2, 0.25) is 0 Å². The minimum Gasteiger partial charge on any atom is -0.396 e. The lowest BCUT2D eigenvalue weighted by atomic mass is 10.5. The predicted molar refractivity (Wildman–Crippen MR) is 22.0 cm³/mol. The standard InChI is InChI=1S/C3H7NO3/c4-7-3(6)1-2-5/h5H,1-2,4H2. The van der Waals surface area contributed by atoms with E-state index in [0.29, 0.717) is 0 Å². The molecule has 0 aromatic heterocycles. The quantitative estimate of drug-likeness (QED) is 0.432. The zero-order chi connectivity index (χ0) is 5.70. The van der Waals surface area contributed by atoms with Crippen LogP contribution in [0.4, 0.5) is 0 Å². The molecule has 4 nitrogen and oxygen atoms in total. The fraction of sp³-hybridized carbons (Fsp3) is 0.667. The Hall–Kier alpha value is -0.610. The van der Waals surface area contributed by atoms with Crippen molar-refractivity contribution >= 4 is 5.97 Å². The third-order valence-electron chi connectivity index (χ3n) is 0.447. The molecule has 0 radical (unpaired) electrons. The van der Waals surface area contributed by atoms with Crippen LogP contribution < -0.4 is 5.90 Å². The molecule has 4 heteroatoms. The molecule has 0 saturated heterocycles. The zero-order valence-electron chi connectivity index (χ0n) is 3.76. The van der Waals surface area contributed by atoms with E-state index in [0.717, 1.165) is 0 Å². The number of carbonyl (C=O) groups excluding carboxylic acids is 1. The molecule has 0 aliphatic rings. The Morgan fingerprint density at radius 3 is 2.57 bits per heavy atom. The lowest BCUT2D eigenvalue weighted by Crippen LogP contribution is -2.10. The lowest BCUT2D eigenvalue weighted by molar-refractivity contribution is -0.144. The fourth-order valence-electron chi connectivity index (χ4n) is 0.150. The first-order chi connectivity index (χ1) is 3.31. The van der Waals surface area contributed by atoms with Crippen molar-refractivity contribution in [3.63, 3.8) is 0 Å². The molecule has 0 fully saturated rings. The topological polar surface area (TPSA) is 72.5 Å². The van der Waals surface area contributed by atoms with E-state index in [2.05, 4.69) is 10.7 Å². The summed E-state index contributed by atoms with van der Waals surface area (Å²) in [7, 11) is 0. The molecule has 0 spiro atoms. The van der Waals surface area contributed by atoms with Crippen LogP contribution in [-0.2, 0) is 9.63 Å². The summed E-state index contributed by atoms with van der Waals surface area (Å²) >= 11 is 0. The van der Waals surface area contributed by atoms with Crippen LogP contribution >= 0.6 is 0 Å². The van der Waals surface area contributed by atoms with Gasteiger partial charge in [-0.05, 0) is 0 Å². The molecule has 0 amide bonds. The van der Waals surface area contributed by atoms with E-state index in [9.17, 15) is 4.79 Å². The van der Waals surface area contributed by atoms with Crippen LogP contribution in [0.15, 0.2) is 0 Å². The Labute approximate surface area is 40.8 Å². The van der Waals surface area contributed by atoms with Gasteiger partial charge in [-0.15, -0.1) is 0 Å². The van der Waals surface area contributed by atoms with Gasteiger partial charge in [-0.1, -0.05) is 0 Å². The maximum atomic E-state index is 9.90. The smallest absolute Gasteiger partial charge is 0.326 e. The number of carbonyl (C=O) groups is 1. The van der Waals surface area contributed by atoms with Crippen LogP contribution in [0.2, 0.25) is 0 Å². The third-order valence-corrected chi connectivity index (χ3v) is 0.447. The summed E-state index contributed by atoms with van der Waals surface area (Å²) in [6.07, 6.45) is -0.0312. The highest BCUT2D eigenvalue weighted by Gasteiger charge is 1.94. The fourth-order valence-corrected chi connectivity index (χ4v) is 0.150. The highest BCUT2D eigenvalue weighted by molar-refractivity contribution is 5.68. The predicted octanol–water partition coefficient (Wildman–Crippen LogP) is -1.21. The largest absolute Gasteiger partial charge is 0.396 e. The summed E-state index contributed by atoms with van der Waals surface area (Å²) < 4.78 is 0. The Bertz CT molecular complexity index is 63.2. The van der Waals surface area contributed by atoms with Crippen molar-refractivity contribution in [1.82, 2.24) is 0 Å². The van der Waals surface area contributed by atoms with Crippen LogP contribution in [-0.4, -0.2) is 17.7 Å². The molecule has 0 rings (SSSR count). The number of aliphatic hydroxyl groups excluding tert-OH is 1. The molecule has 0 saturated carbocycles. The molecule has 42 valence electrons. The van der Waals surface area contributed by atoms with Crippen molar-refractivity contribution in [2.45, 2.75) is 6.42 Å². The monoisotopic (exact) mass is 105 g/mol.